The Balaban J connectivity index is 1.27. The minimum atomic E-state index is -0.236. The molecule has 6 nitrogen and oxygen atoms in total. The minimum absolute atomic E-state index is 0.0352. The number of para-hydroxylation sites is 1. The molecule has 1 aliphatic heterocycles. The lowest BCUT2D eigenvalue weighted by atomic mass is 10.2. The van der Waals surface area contributed by atoms with Gasteiger partial charge in [-0.2, -0.15) is 0 Å². The molecule has 0 bridgehead atoms. The topological polar surface area (TPSA) is 66.4 Å². The molecule has 0 spiro atoms. The molecule has 1 atom stereocenters. The number of nitrogens with zero attached hydrogens (tertiary/aromatic N) is 2. The molecule has 3 aromatic rings. The molecular formula is C22H24N4O2. The normalized spacial score (nSPS) is 16.5. The third-order valence-electron chi connectivity index (χ3n) is 5.12. The number of aromatic nitrogens is 1. The fraction of sp³-hybridized carbons (Fsp3) is 0.273. The Morgan fingerprint density at radius 2 is 1.89 bits per heavy atom. The van der Waals surface area contributed by atoms with Gasteiger partial charge in [-0.3, -0.25) is 4.79 Å². The molecule has 6 heteroatoms. The van der Waals surface area contributed by atoms with Crippen LogP contribution in [0.2, 0.25) is 0 Å². The SMILES string of the molecule is Cc1ccc(N2C[C@H](NC(=O)NCCn3ccc4ccccc43)CC2=O)cc1. The standard InChI is InChI=1S/C22H24N4O2/c1-16-6-8-19(9-7-16)26-15-18(14-21(26)27)24-22(28)23-11-13-25-12-10-17-4-2-3-5-20(17)25/h2-10,12,18H,11,13-15H2,1H3,(H2,23,24,28)/t18-/m1/s1. The zero-order valence-electron chi connectivity index (χ0n) is 15.9. The van der Waals surface area contributed by atoms with Crippen molar-refractivity contribution in [2.45, 2.75) is 25.9 Å². The number of carbonyl (C=O) groups is 2. The van der Waals surface area contributed by atoms with Gasteiger partial charge in [0.1, 0.15) is 0 Å². The predicted octanol–water partition coefficient (Wildman–Crippen LogP) is 3.05. The number of urea groups is 1. The van der Waals surface area contributed by atoms with Crippen LogP contribution in [-0.2, 0) is 11.3 Å². The van der Waals surface area contributed by atoms with E-state index in [4.69, 9.17) is 0 Å². The maximum atomic E-state index is 12.3. The lowest BCUT2D eigenvalue weighted by Gasteiger charge is -2.17. The van der Waals surface area contributed by atoms with E-state index in [1.165, 1.54) is 5.39 Å². The van der Waals surface area contributed by atoms with Crippen LogP contribution in [0.4, 0.5) is 10.5 Å². The number of fused-ring (bicyclic) bond motifs is 1. The van der Waals surface area contributed by atoms with E-state index in [-0.39, 0.29) is 18.0 Å². The van der Waals surface area contributed by atoms with Gasteiger partial charge in [0.05, 0.1) is 6.04 Å². The summed E-state index contributed by atoms with van der Waals surface area (Å²) in [6.07, 6.45) is 2.35. The monoisotopic (exact) mass is 376 g/mol. The Bertz CT molecular complexity index is 993. The molecular weight excluding hydrogens is 352 g/mol. The van der Waals surface area contributed by atoms with E-state index in [1.807, 2.05) is 49.5 Å². The Kier molecular flexibility index (Phi) is 5.02. The first-order valence-electron chi connectivity index (χ1n) is 9.55. The van der Waals surface area contributed by atoms with Crippen molar-refractivity contribution in [2.75, 3.05) is 18.0 Å². The summed E-state index contributed by atoms with van der Waals surface area (Å²) in [4.78, 5) is 26.3. The van der Waals surface area contributed by atoms with Crippen molar-refractivity contribution >= 4 is 28.5 Å². The highest BCUT2D eigenvalue weighted by molar-refractivity contribution is 5.96. The first-order valence-corrected chi connectivity index (χ1v) is 9.55. The summed E-state index contributed by atoms with van der Waals surface area (Å²) in [5.41, 5.74) is 3.18. The molecule has 3 amide bonds. The zero-order valence-corrected chi connectivity index (χ0v) is 15.9. The lowest BCUT2D eigenvalue weighted by molar-refractivity contribution is -0.117. The van der Waals surface area contributed by atoms with E-state index in [2.05, 4.69) is 33.4 Å². The number of aryl methyl sites for hydroxylation is 1. The highest BCUT2D eigenvalue weighted by atomic mass is 16.2. The Morgan fingerprint density at radius 1 is 1.11 bits per heavy atom. The highest BCUT2D eigenvalue weighted by Crippen LogP contribution is 2.22. The first-order chi connectivity index (χ1) is 13.6. The van der Waals surface area contributed by atoms with E-state index in [0.717, 1.165) is 16.8 Å². The van der Waals surface area contributed by atoms with Crippen LogP contribution >= 0.6 is 0 Å². The second-order valence-electron chi connectivity index (χ2n) is 7.21. The van der Waals surface area contributed by atoms with E-state index < -0.39 is 0 Å². The van der Waals surface area contributed by atoms with Gasteiger partial charge in [0.25, 0.3) is 0 Å². The van der Waals surface area contributed by atoms with Crippen LogP contribution < -0.4 is 15.5 Å². The number of hydrogen-bond acceptors (Lipinski definition) is 2. The summed E-state index contributed by atoms with van der Waals surface area (Å²) in [7, 11) is 0. The zero-order chi connectivity index (χ0) is 19.5. The van der Waals surface area contributed by atoms with Crippen molar-refractivity contribution in [3.8, 4) is 0 Å². The van der Waals surface area contributed by atoms with Crippen molar-refractivity contribution in [1.29, 1.82) is 0 Å². The minimum Gasteiger partial charge on any atom is -0.346 e. The maximum absolute atomic E-state index is 12.3. The highest BCUT2D eigenvalue weighted by Gasteiger charge is 2.31. The number of amides is 3. The van der Waals surface area contributed by atoms with Gasteiger partial charge in [-0.25, -0.2) is 4.79 Å². The Hall–Kier alpha value is -3.28. The number of anilines is 1. The van der Waals surface area contributed by atoms with Crippen LogP contribution in [0.1, 0.15) is 12.0 Å². The Morgan fingerprint density at radius 3 is 2.71 bits per heavy atom. The average molecular weight is 376 g/mol. The van der Waals surface area contributed by atoms with Crippen LogP contribution in [0, 0.1) is 6.92 Å². The summed E-state index contributed by atoms with van der Waals surface area (Å²) in [6, 6.07) is 17.7. The number of rotatable bonds is 5. The number of carbonyl (C=O) groups excluding carboxylic acids is 2. The molecule has 0 saturated carbocycles. The van der Waals surface area contributed by atoms with Gasteiger partial charge >= 0.3 is 6.03 Å². The second kappa shape index (κ2) is 7.76. The number of hydrogen-bond donors (Lipinski definition) is 2. The van der Waals surface area contributed by atoms with Gasteiger partial charge in [0, 0.05) is 43.5 Å². The van der Waals surface area contributed by atoms with Gasteiger partial charge in [-0.05, 0) is 36.6 Å². The van der Waals surface area contributed by atoms with E-state index in [1.54, 1.807) is 4.90 Å². The smallest absolute Gasteiger partial charge is 0.315 e. The summed E-state index contributed by atoms with van der Waals surface area (Å²) in [5.74, 6) is 0.0352. The Labute approximate surface area is 164 Å². The molecule has 2 N–H and O–H groups in total. The predicted molar refractivity (Wildman–Crippen MR) is 110 cm³/mol. The summed E-state index contributed by atoms with van der Waals surface area (Å²) >= 11 is 0. The number of benzene rings is 2. The maximum Gasteiger partial charge on any atom is 0.315 e. The molecule has 2 heterocycles. The number of nitrogens with one attached hydrogen (secondary N) is 2. The third kappa shape index (κ3) is 3.86. The first kappa shape index (κ1) is 18.1. The molecule has 1 aliphatic rings. The van der Waals surface area contributed by atoms with Crippen molar-refractivity contribution in [3.63, 3.8) is 0 Å². The van der Waals surface area contributed by atoms with Crippen molar-refractivity contribution < 1.29 is 9.59 Å². The molecule has 1 saturated heterocycles. The fourth-order valence-corrected chi connectivity index (χ4v) is 3.64. The van der Waals surface area contributed by atoms with Crippen molar-refractivity contribution in [3.05, 3.63) is 66.4 Å². The molecule has 0 aliphatic carbocycles. The fourth-order valence-electron chi connectivity index (χ4n) is 3.64. The molecule has 144 valence electrons. The van der Waals surface area contributed by atoms with E-state index in [9.17, 15) is 9.59 Å². The van der Waals surface area contributed by atoms with Crippen molar-refractivity contribution in [1.82, 2.24) is 15.2 Å². The molecule has 1 aromatic heterocycles. The van der Waals surface area contributed by atoms with Crippen LogP contribution in [0.5, 0.6) is 0 Å². The van der Waals surface area contributed by atoms with Crippen LogP contribution in [-0.4, -0.2) is 35.6 Å². The largest absolute Gasteiger partial charge is 0.346 e. The summed E-state index contributed by atoms with van der Waals surface area (Å²) in [6.45, 7) is 3.73. The summed E-state index contributed by atoms with van der Waals surface area (Å²) < 4.78 is 2.12. The molecule has 1 fully saturated rings. The van der Waals surface area contributed by atoms with Gasteiger partial charge < -0.3 is 20.1 Å². The van der Waals surface area contributed by atoms with E-state index in [0.29, 0.717) is 26.1 Å². The van der Waals surface area contributed by atoms with Crippen LogP contribution in [0.25, 0.3) is 10.9 Å². The molecule has 28 heavy (non-hydrogen) atoms. The quantitative estimate of drug-likeness (QED) is 0.719. The van der Waals surface area contributed by atoms with Gasteiger partial charge in [0.15, 0.2) is 0 Å². The summed E-state index contributed by atoms with van der Waals surface area (Å²) in [5, 5.41) is 6.99. The van der Waals surface area contributed by atoms with Gasteiger partial charge in [-0.15, -0.1) is 0 Å². The van der Waals surface area contributed by atoms with Crippen LogP contribution in [0.3, 0.4) is 0 Å². The third-order valence-corrected chi connectivity index (χ3v) is 5.12. The lowest BCUT2D eigenvalue weighted by Crippen LogP contribution is -2.44. The molecule has 2 aromatic carbocycles. The van der Waals surface area contributed by atoms with Gasteiger partial charge in [-0.1, -0.05) is 35.9 Å². The average Bonchev–Trinajstić information content (AvgIpc) is 3.26. The second-order valence-corrected chi connectivity index (χ2v) is 7.21. The molecule has 4 rings (SSSR count). The van der Waals surface area contributed by atoms with Crippen LogP contribution in [0.15, 0.2) is 60.8 Å². The van der Waals surface area contributed by atoms with E-state index >= 15 is 0 Å². The molecule has 0 unspecified atom stereocenters. The van der Waals surface area contributed by atoms with Gasteiger partial charge in [0.2, 0.25) is 5.91 Å². The van der Waals surface area contributed by atoms with Crippen molar-refractivity contribution in [2.24, 2.45) is 0 Å². The molecule has 0 radical (unpaired) electrons.